The van der Waals surface area contributed by atoms with Crippen molar-refractivity contribution in [1.82, 2.24) is 0 Å². The molecule has 140 valence electrons. The van der Waals surface area contributed by atoms with Crippen molar-refractivity contribution in [3.8, 4) is 0 Å². The molecule has 0 bridgehead atoms. The predicted octanol–water partition coefficient (Wildman–Crippen LogP) is 6.54. The van der Waals surface area contributed by atoms with Gasteiger partial charge in [-0.05, 0) is 70.1 Å². The van der Waals surface area contributed by atoms with Crippen molar-refractivity contribution >= 4 is 21.7 Å². The van der Waals surface area contributed by atoms with Crippen LogP contribution in [0.15, 0.2) is 47.5 Å². The highest BCUT2D eigenvalue weighted by molar-refractivity contribution is 6.44. The van der Waals surface area contributed by atoms with Crippen molar-refractivity contribution in [2.75, 3.05) is 0 Å². The SMILES string of the molecule is CC1=Cc2c(C(C)C)ccc(C)c2C1[SiH2]C1C(C(C)C)=Cc2ccccc21. The third-order valence-electron chi connectivity index (χ3n) is 6.67. The summed E-state index contributed by atoms with van der Waals surface area (Å²) >= 11 is 0. The van der Waals surface area contributed by atoms with E-state index in [1.165, 1.54) is 16.7 Å². The second-order valence-electron chi connectivity index (χ2n) is 9.11. The highest BCUT2D eigenvalue weighted by Crippen LogP contribution is 2.46. The minimum Gasteiger partial charge on any atom is -0.0685 e. The molecule has 2 atom stereocenters. The Morgan fingerprint density at radius 1 is 0.815 bits per heavy atom. The fraction of sp³-hybridized carbons (Fsp3) is 0.385. The molecule has 27 heavy (non-hydrogen) atoms. The molecule has 0 fully saturated rings. The molecule has 0 aromatic heterocycles. The molecule has 2 aliphatic carbocycles. The minimum absolute atomic E-state index is 0.389. The molecule has 0 spiro atoms. The summed E-state index contributed by atoms with van der Waals surface area (Å²) < 4.78 is 0. The fourth-order valence-corrected chi connectivity index (χ4v) is 8.46. The zero-order valence-electron chi connectivity index (χ0n) is 17.6. The first-order valence-corrected chi connectivity index (χ1v) is 12.1. The van der Waals surface area contributed by atoms with E-state index in [2.05, 4.69) is 90.1 Å². The Bertz CT molecular complexity index is 943. The van der Waals surface area contributed by atoms with Crippen LogP contribution in [0.25, 0.3) is 12.2 Å². The van der Waals surface area contributed by atoms with Crippen LogP contribution in [0, 0.1) is 12.8 Å². The van der Waals surface area contributed by atoms with Crippen LogP contribution in [0.2, 0.25) is 0 Å². The number of aryl methyl sites for hydroxylation is 1. The molecular weight excluding hydrogens is 340 g/mol. The van der Waals surface area contributed by atoms with Gasteiger partial charge >= 0.3 is 0 Å². The van der Waals surface area contributed by atoms with Gasteiger partial charge in [-0.25, -0.2) is 0 Å². The highest BCUT2D eigenvalue weighted by atomic mass is 28.2. The first-order chi connectivity index (χ1) is 12.9. The van der Waals surface area contributed by atoms with Crippen LogP contribution in [0.1, 0.15) is 85.0 Å². The zero-order valence-corrected chi connectivity index (χ0v) is 19.0. The van der Waals surface area contributed by atoms with Gasteiger partial charge < -0.3 is 0 Å². The number of fused-ring (bicyclic) bond motifs is 2. The molecule has 0 saturated carbocycles. The van der Waals surface area contributed by atoms with Gasteiger partial charge in [0.25, 0.3) is 0 Å². The van der Waals surface area contributed by atoms with Gasteiger partial charge in [-0.3, -0.25) is 0 Å². The Hall–Kier alpha value is -1.86. The predicted molar refractivity (Wildman–Crippen MR) is 122 cm³/mol. The summed E-state index contributed by atoms with van der Waals surface area (Å²) in [4.78, 5) is 0. The Morgan fingerprint density at radius 2 is 1.56 bits per heavy atom. The van der Waals surface area contributed by atoms with Crippen LogP contribution < -0.4 is 0 Å². The summed E-state index contributed by atoms with van der Waals surface area (Å²) in [7, 11) is -0.389. The van der Waals surface area contributed by atoms with Crippen LogP contribution in [0.3, 0.4) is 0 Å². The topological polar surface area (TPSA) is 0 Å². The van der Waals surface area contributed by atoms with E-state index in [1.54, 1.807) is 27.8 Å². The van der Waals surface area contributed by atoms with Gasteiger partial charge in [-0.2, -0.15) is 0 Å². The lowest BCUT2D eigenvalue weighted by Crippen LogP contribution is -2.20. The monoisotopic (exact) mass is 372 g/mol. The molecular formula is C26H32Si. The van der Waals surface area contributed by atoms with Gasteiger partial charge in [0.1, 0.15) is 0 Å². The Morgan fingerprint density at radius 3 is 2.26 bits per heavy atom. The average Bonchev–Trinajstić information content (AvgIpc) is 3.15. The van der Waals surface area contributed by atoms with E-state index in [4.69, 9.17) is 0 Å². The lowest BCUT2D eigenvalue weighted by atomic mass is 9.92. The van der Waals surface area contributed by atoms with E-state index in [0.29, 0.717) is 22.9 Å². The molecule has 0 aliphatic heterocycles. The van der Waals surface area contributed by atoms with Crippen LogP contribution in [0.4, 0.5) is 0 Å². The lowest BCUT2D eigenvalue weighted by molar-refractivity contribution is 0.740. The van der Waals surface area contributed by atoms with Crippen molar-refractivity contribution in [1.29, 1.82) is 0 Å². The number of hydrogen-bond acceptors (Lipinski definition) is 0. The van der Waals surface area contributed by atoms with Gasteiger partial charge in [0, 0.05) is 9.52 Å². The maximum Gasteiger partial charge on any atom is 0.0475 e. The lowest BCUT2D eigenvalue weighted by Gasteiger charge is -2.25. The van der Waals surface area contributed by atoms with Gasteiger partial charge in [-0.15, -0.1) is 0 Å². The molecule has 2 aliphatic rings. The molecule has 0 nitrogen and oxygen atoms in total. The van der Waals surface area contributed by atoms with Crippen LogP contribution >= 0.6 is 0 Å². The van der Waals surface area contributed by atoms with Gasteiger partial charge in [0.05, 0.1) is 0 Å². The summed E-state index contributed by atoms with van der Waals surface area (Å²) in [6.07, 6.45) is 5.00. The van der Waals surface area contributed by atoms with Crippen molar-refractivity contribution in [3.63, 3.8) is 0 Å². The van der Waals surface area contributed by atoms with Gasteiger partial charge in [0.2, 0.25) is 0 Å². The smallest absolute Gasteiger partial charge is 0.0475 e. The molecule has 0 radical (unpaired) electrons. The zero-order chi connectivity index (χ0) is 19.3. The summed E-state index contributed by atoms with van der Waals surface area (Å²) in [5, 5.41) is 0. The Labute approximate surface area is 167 Å². The van der Waals surface area contributed by atoms with E-state index in [-0.39, 0.29) is 9.52 Å². The Kier molecular flexibility index (Phi) is 4.76. The van der Waals surface area contributed by atoms with E-state index in [1.807, 2.05) is 0 Å². The van der Waals surface area contributed by atoms with Gasteiger partial charge in [-0.1, -0.05) is 87.4 Å². The molecule has 4 rings (SSSR count). The van der Waals surface area contributed by atoms with Gasteiger partial charge in [0.15, 0.2) is 0 Å². The summed E-state index contributed by atoms with van der Waals surface area (Å²) in [6, 6.07) is 13.8. The van der Waals surface area contributed by atoms with Crippen molar-refractivity contribution in [3.05, 3.63) is 80.9 Å². The number of benzene rings is 2. The van der Waals surface area contributed by atoms with Crippen molar-refractivity contribution in [2.24, 2.45) is 5.92 Å². The Balaban J connectivity index is 1.76. The second-order valence-corrected chi connectivity index (χ2v) is 11.2. The highest BCUT2D eigenvalue weighted by Gasteiger charge is 2.34. The third-order valence-corrected chi connectivity index (χ3v) is 9.57. The number of hydrogen-bond donors (Lipinski definition) is 0. The maximum atomic E-state index is 2.51. The molecule has 0 saturated heterocycles. The summed E-state index contributed by atoms with van der Waals surface area (Å²) in [5.74, 6) is 1.21. The molecule has 0 amide bonds. The standard InChI is InChI=1S/C26H32Si/c1-15(2)20-12-11-17(5)24-23(20)13-18(6)25(24)27-26-21-10-8-7-9-19(21)14-22(26)16(3)4/h7-16,25-26H,27H2,1-6H3. The van der Waals surface area contributed by atoms with E-state index in [9.17, 15) is 0 Å². The largest absolute Gasteiger partial charge is 0.0685 e. The van der Waals surface area contributed by atoms with Crippen molar-refractivity contribution in [2.45, 2.75) is 58.5 Å². The normalized spacial score (nSPS) is 21.2. The molecule has 2 aromatic rings. The van der Waals surface area contributed by atoms with Crippen LogP contribution in [-0.4, -0.2) is 9.52 Å². The average molecular weight is 373 g/mol. The second kappa shape index (κ2) is 6.94. The quantitative estimate of drug-likeness (QED) is 0.535. The van der Waals surface area contributed by atoms with E-state index in [0.717, 1.165) is 0 Å². The molecule has 2 unspecified atom stereocenters. The fourth-order valence-electron chi connectivity index (χ4n) is 5.24. The summed E-state index contributed by atoms with van der Waals surface area (Å²) in [6.45, 7) is 14.1. The van der Waals surface area contributed by atoms with E-state index >= 15 is 0 Å². The first kappa shape index (κ1) is 18.5. The van der Waals surface area contributed by atoms with Crippen LogP contribution in [-0.2, 0) is 0 Å². The summed E-state index contributed by atoms with van der Waals surface area (Å²) in [5.41, 5.74) is 13.9. The van der Waals surface area contributed by atoms with Crippen LogP contribution in [0.5, 0.6) is 0 Å². The molecule has 2 aromatic carbocycles. The molecule has 0 N–H and O–H groups in total. The minimum atomic E-state index is -0.389. The number of rotatable bonds is 4. The molecule has 1 heteroatoms. The third kappa shape index (κ3) is 3.06. The first-order valence-electron chi connectivity index (χ1n) is 10.5. The molecule has 0 heterocycles. The van der Waals surface area contributed by atoms with Crippen molar-refractivity contribution < 1.29 is 0 Å². The van der Waals surface area contributed by atoms with E-state index < -0.39 is 0 Å². The number of allylic oxidation sites excluding steroid dienone is 2. The maximum absolute atomic E-state index is 2.51.